The Bertz CT molecular complexity index is 682. The van der Waals surface area contributed by atoms with E-state index in [2.05, 4.69) is 16.3 Å². The minimum Gasteiger partial charge on any atom is -0.484 e. The van der Waals surface area contributed by atoms with Gasteiger partial charge in [-0.05, 0) is 36.8 Å². The average molecular weight is 326 g/mol. The van der Waals surface area contributed by atoms with Crippen LogP contribution in [0.5, 0.6) is 5.75 Å². The number of hydrogen-bond acceptors (Lipinski definition) is 4. The second kappa shape index (κ2) is 7.84. The van der Waals surface area contributed by atoms with E-state index in [0.717, 1.165) is 43.2 Å². The van der Waals surface area contributed by atoms with Crippen LogP contribution in [0.3, 0.4) is 0 Å². The Balaban J connectivity index is 1.62. The van der Waals surface area contributed by atoms with Gasteiger partial charge in [0.25, 0.3) is 5.91 Å². The van der Waals surface area contributed by atoms with E-state index in [9.17, 15) is 4.79 Å². The largest absolute Gasteiger partial charge is 0.484 e. The van der Waals surface area contributed by atoms with Crippen LogP contribution in [0.2, 0.25) is 0 Å². The summed E-state index contributed by atoms with van der Waals surface area (Å²) in [5, 5.41) is 2.94. The van der Waals surface area contributed by atoms with Crippen molar-refractivity contribution in [3.8, 4) is 5.75 Å². The van der Waals surface area contributed by atoms with Crippen molar-refractivity contribution >= 4 is 17.3 Å². The summed E-state index contributed by atoms with van der Waals surface area (Å²) in [6.45, 7) is 5.18. The molecule has 2 aromatic carbocycles. The van der Waals surface area contributed by atoms with Gasteiger partial charge in [0.1, 0.15) is 5.75 Å². The van der Waals surface area contributed by atoms with Gasteiger partial charge in [0.05, 0.1) is 13.2 Å². The molecule has 2 aromatic rings. The van der Waals surface area contributed by atoms with Crippen LogP contribution in [-0.4, -0.2) is 38.8 Å². The van der Waals surface area contributed by atoms with Crippen LogP contribution in [0.1, 0.15) is 5.56 Å². The third-order valence-corrected chi connectivity index (χ3v) is 3.98. The highest BCUT2D eigenvalue weighted by molar-refractivity contribution is 5.93. The lowest BCUT2D eigenvalue weighted by atomic mass is 10.1. The number of benzene rings is 2. The molecule has 0 atom stereocenters. The number of ether oxygens (including phenoxy) is 2. The van der Waals surface area contributed by atoms with Crippen molar-refractivity contribution in [1.82, 2.24) is 0 Å². The highest BCUT2D eigenvalue weighted by Gasteiger charge is 2.13. The molecule has 24 heavy (non-hydrogen) atoms. The molecule has 1 aliphatic heterocycles. The van der Waals surface area contributed by atoms with Crippen molar-refractivity contribution in [2.24, 2.45) is 0 Å². The molecule has 0 radical (unpaired) electrons. The SMILES string of the molecule is Cc1ccc(N2CCOCC2)cc1NC(=O)COc1ccccc1. The summed E-state index contributed by atoms with van der Waals surface area (Å²) in [4.78, 5) is 14.4. The molecule has 1 N–H and O–H groups in total. The van der Waals surface area contributed by atoms with Crippen LogP contribution >= 0.6 is 0 Å². The van der Waals surface area contributed by atoms with E-state index in [1.165, 1.54) is 0 Å². The number of carbonyl (C=O) groups is 1. The molecule has 0 aliphatic carbocycles. The van der Waals surface area contributed by atoms with Crippen molar-refractivity contribution in [1.29, 1.82) is 0 Å². The smallest absolute Gasteiger partial charge is 0.262 e. The van der Waals surface area contributed by atoms with Gasteiger partial charge in [-0.2, -0.15) is 0 Å². The first-order valence-corrected chi connectivity index (χ1v) is 8.13. The maximum Gasteiger partial charge on any atom is 0.262 e. The number of nitrogens with one attached hydrogen (secondary N) is 1. The summed E-state index contributed by atoms with van der Waals surface area (Å²) < 4.78 is 10.9. The Morgan fingerprint density at radius 2 is 1.92 bits per heavy atom. The fourth-order valence-corrected chi connectivity index (χ4v) is 2.61. The minimum atomic E-state index is -0.166. The molecule has 0 bridgehead atoms. The molecule has 1 heterocycles. The monoisotopic (exact) mass is 326 g/mol. The van der Waals surface area contributed by atoms with Gasteiger partial charge in [-0.15, -0.1) is 0 Å². The Kier molecular flexibility index (Phi) is 5.33. The van der Waals surface area contributed by atoms with Crippen LogP contribution in [0.4, 0.5) is 11.4 Å². The summed E-state index contributed by atoms with van der Waals surface area (Å²) in [6, 6.07) is 15.4. The van der Waals surface area contributed by atoms with Gasteiger partial charge in [0, 0.05) is 24.5 Å². The van der Waals surface area contributed by atoms with Gasteiger partial charge in [0.2, 0.25) is 0 Å². The molecule has 1 saturated heterocycles. The summed E-state index contributed by atoms with van der Waals surface area (Å²) in [6.07, 6.45) is 0. The Labute approximate surface area is 142 Å². The fourth-order valence-electron chi connectivity index (χ4n) is 2.61. The number of carbonyl (C=O) groups excluding carboxylic acids is 1. The van der Waals surface area contributed by atoms with Crippen LogP contribution in [-0.2, 0) is 9.53 Å². The molecule has 1 amide bonds. The predicted octanol–water partition coefficient (Wildman–Crippen LogP) is 2.85. The maximum atomic E-state index is 12.2. The number of nitrogens with zero attached hydrogens (tertiary/aromatic N) is 1. The number of rotatable bonds is 5. The first-order chi connectivity index (χ1) is 11.7. The van der Waals surface area contributed by atoms with Crippen LogP contribution < -0.4 is 15.0 Å². The van der Waals surface area contributed by atoms with Crippen molar-refractivity contribution in [3.63, 3.8) is 0 Å². The van der Waals surface area contributed by atoms with Crippen molar-refractivity contribution in [3.05, 3.63) is 54.1 Å². The molecule has 3 rings (SSSR count). The number of para-hydroxylation sites is 1. The van der Waals surface area contributed by atoms with Gasteiger partial charge in [-0.25, -0.2) is 0 Å². The Morgan fingerprint density at radius 1 is 1.17 bits per heavy atom. The third kappa shape index (κ3) is 4.26. The topological polar surface area (TPSA) is 50.8 Å². The lowest BCUT2D eigenvalue weighted by molar-refractivity contribution is -0.118. The van der Waals surface area contributed by atoms with Crippen molar-refractivity contribution in [2.75, 3.05) is 43.1 Å². The molecule has 5 nitrogen and oxygen atoms in total. The predicted molar refractivity (Wildman–Crippen MR) is 94.8 cm³/mol. The van der Waals surface area contributed by atoms with Crippen LogP contribution in [0.15, 0.2) is 48.5 Å². The summed E-state index contributed by atoms with van der Waals surface area (Å²) in [7, 11) is 0. The molecule has 5 heteroatoms. The van der Waals surface area contributed by atoms with Gasteiger partial charge in [0.15, 0.2) is 6.61 Å². The standard InChI is InChI=1S/C19H22N2O3/c1-15-7-8-16(21-9-11-23-12-10-21)13-18(15)20-19(22)14-24-17-5-3-2-4-6-17/h2-8,13H,9-12,14H2,1H3,(H,20,22). The molecular weight excluding hydrogens is 304 g/mol. The number of anilines is 2. The van der Waals surface area contributed by atoms with Gasteiger partial charge < -0.3 is 19.7 Å². The number of aryl methyl sites for hydroxylation is 1. The molecule has 1 fully saturated rings. The number of amides is 1. The zero-order valence-electron chi connectivity index (χ0n) is 13.8. The van der Waals surface area contributed by atoms with E-state index < -0.39 is 0 Å². The fraction of sp³-hybridized carbons (Fsp3) is 0.316. The highest BCUT2D eigenvalue weighted by Crippen LogP contribution is 2.24. The summed E-state index contributed by atoms with van der Waals surface area (Å²) >= 11 is 0. The van der Waals surface area contributed by atoms with E-state index in [-0.39, 0.29) is 12.5 Å². The molecule has 0 unspecified atom stereocenters. The summed E-state index contributed by atoms with van der Waals surface area (Å²) in [5.74, 6) is 0.521. The van der Waals surface area contributed by atoms with Crippen LogP contribution in [0, 0.1) is 6.92 Å². The van der Waals surface area contributed by atoms with E-state index in [4.69, 9.17) is 9.47 Å². The quantitative estimate of drug-likeness (QED) is 0.918. The molecule has 0 spiro atoms. The number of hydrogen-bond donors (Lipinski definition) is 1. The zero-order valence-corrected chi connectivity index (χ0v) is 13.8. The first-order valence-electron chi connectivity index (χ1n) is 8.13. The van der Waals surface area contributed by atoms with E-state index in [1.807, 2.05) is 49.4 Å². The van der Waals surface area contributed by atoms with Gasteiger partial charge >= 0.3 is 0 Å². The zero-order chi connectivity index (χ0) is 16.8. The second-order valence-electron chi connectivity index (χ2n) is 5.75. The average Bonchev–Trinajstić information content (AvgIpc) is 2.63. The second-order valence-corrected chi connectivity index (χ2v) is 5.75. The highest BCUT2D eigenvalue weighted by atomic mass is 16.5. The van der Waals surface area contributed by atoms with Gasteiger partial charge in [-0.3, -0.25) is 4.79 Å². The Morgan fingerprint density at radius 3 is 2.67 bits per heavy atom. The van der Waals surface area contributed by atoms with Crippen molar-refractivity contribution in [2.45, 2.75) is 6.92 Å². The van der Waals surface area contributed by atoms with E-state index in [1.54, 1.807) is 0 Å². The van der Waals surface area contributed by atoms with Crippen molar-refractivity contribution < 1.29 is 14.3 Å². The maximum absolute atomic E-state index is 12.2. The lowest BCUT2D eigenvalue weighted by Gasteiger charge is -2.29. The van der Waals surface area contributed by atoms with E-state index >= 15 is 0 Å². The molecule has 126 valence electrons. The molecule has 1 aliphatic rings. The molecular formula is C19H22N2O3. The Hall–Kier alpha value is -2.53. The summed E-state index contributed by atoms with van der Waals surface area (Å²) in [5.41, 5.74) is 2.95. The molecule has 0 saturated carbocycles. The molecule has 0 aromatic heterocycles. The normalized spacial score (nSPS) is 14.3. The van der Waals surface area contributed by atoms with E-state index in [0.29, 0.717) is 5.75 Å². The minimum absolute atomic E-state index is 0.00870. The van der Waals surface area contributed by atoms with Gasteiger partial charge in [-0.1, -0.05) is 24.3 Å². The number of morpholine rings is 1. The third-order valence-electron chi connectivity index (χ3n) is 3.98. The van der Waals surface area contributed by atoms with Crippen LogP contribution in [0.25, 0.3) is 0 Å². The lowest BCUT2D eigenvalue weighted by Crippen LogP contribution is -2.36. The first kappa shape index (κ1) is 16.3.